The van der Waals surface area contributed by atoms with Gasteiger partial charge in [-0.25, -0.2) is 9.07 Å². The molecule has 4 nitrogen and oxygen atoms in total. The standard InChI is InChI=1S/C14H14BrFN4/c1-3-12(17-4-2)13-18-14(15)20(19-13)9-10-7-5-6-8-11(10)16/h3-8H,9H2,1-2H3/b12-3-,17-4?. The SMILES string of the molecule is CC=N/C(=C\C)c1nc(Br)n(Cc2ccccc2F)n1. The highest BCUT2D eigenvalue weighted by Gasteiger charge is 2.12. The van der Waals surface area contributed by atoms with Gasteiger partial charge in [0.2, 0.25) is 0 Å². The number of benzene rings is 1. The van der Waals surface area contributed by atoms with E-state index in [1.54, 1.807) is 29.1 Å². The van der Waals surface area contributed by atoms with Crippen LogP contribution in [0, 0.1) is 5.82 Å². The van der Waals surface area contributed by atoms with E-state index in [0.29, 0.717) is 28.4 Å². The number of hydrogen-bond acceptors (Lipinski definition) is 3. The van der Waals surface area contributed by atoms with E-state index in [9.17, 15) is 4.39 Å². The number of rotatable bonds is 4. The Morgan fingerprint density at radius 2 is 2.15 bits per heavy atom. The summed E-state index contributed by atoms with van der Waals surface area (Å²) in [7, 11) is 0. The molecule has 20 heavy (non-hydrogen) atoms. The van der Waals surface area contributed by atoms with Gasteiger partial charge >= 0.3 is 0 Å². The molecule has 0 fully saturated rings. The number of hydrogen-bond donors (Lipinski definition) is 0. The Balaban J connectivity index is 2.31. The third kappa shape index (κ3) is 3.19. The zero-order valence-corrected chi connectivity index (χ0v) is 12.8. The van der Waals surface area contributed by atoms with Crippen LogP contribution in [0.1, 0.15) is 25.2 Å². The Labute approximate surface area is 125 Å². The molecule has 0 atom stereocenters. The molecule has 1 aromatic heterocycles. The van der Waals surface area contributed by atoms with Gasteiger partial charge in [-0.15, -0.1) is 5.10 Å². The molecule has 0 bridgehead atoms. The van der Waals surface area contributed by atoms with Gasteiger partial charge in [-0.1, -0.05) is 24.3 Å². The van der Waals surface area contributed by atoms with Crippen LogP contribution in [0.2, 0.25) is 0 Å². The lowest BCUT2D eigenvalue weighted by molar-refractivity contribution is 0.580. The van der Waals surface area contributed by atoms with Crippen molar-refractivity contribution in [1.29, 1.82) is 0 Å². The minimum absolute atomic E-state index is 0.255. The van der Waals surface area contributed by atoms with E-state index in [1.165, 1.54) is 6.07 Å². The topological polar surface area (TPSA) is 43.1 Å². The van der Waals surface area contributed by atoms with Crippen molar-refractivity contribution < 1.29 is 4.39 Å². The van der Waals surface area contributed by atoms with Crippen molar-refractivity contribution in [1.82, 2.24) is 14.8 Å². The lowest BCUT2D eigenvalue weighted by atomic mass is 10.2. The van der Waals surface area contributed by atoms with Crippen molar-refractivity contribution in [2.24, 2.45) is 4.99 Å². The molecule has 2 rings (SSSR count). The fourth-order valence-electron chi connectivity index (χ4n) is 1.72. The first-order chi connectivity index (χ1) is 9.65. The van der Waals surface area contributed by atoms with Gasteiger partial charge in [-0.05, 0) is 35.8 Å². The van der Waals surface area contributed by atoms with Gasteiger partial charge in [0, 0.05) is 11.8 Å². The molecule has 1 aromatic carbocycles. The van der Waals surface area contributed by atoms with Crippen molar-refractivity contribution in [3.63, 3.8) is 0 Å². The van der Waals surface area contributed by atoms with Gasteiger partial charge in [0.05, 0.1) is 6.54 Å². The molecule has 2 aromatic rings. The second-order valence-electron chi connectivity index (χ2n) is 4.01. The Bertz CT molecular complexity index is 661. The van der Waals surface area contributed by atoms with Gasteiger partial charge in [0.1, 0.15) is 11.5 Å². The Morgan fingerprint density at radius 1 is 1.40 bits per heavy atom. The number of aliphatic imine (C=N–C) groups is 1. The second kappa shape index (κ2) is 6.56. The first kappa shape index (κ1) is 14.6. The van der Waals surface area contributed by atoms with Crippen molar-refractivity contribution >= 4 is 27.8 Å². The third-order valence-electron chi connectivity index (χ3n) is 2.68. The van der Waals surface area contributed by atoms with Crippen LogP contribution in [0.15, 0.2) is 40.1 Å². The Kier molecular flexibility index (Phi) is 4.79. The average Bonchev–Trinajstić information content (AvgIpc) is 2.80. The third-order valence-corrected chi connectivity index (χ3v) is 3.26. The average molecular weight is 337 g/mol. The monoisotopic (exact) mass is 336 g/mol. The highest BCUT2D eigenvalue weighted by molar-refractivity contribution is 9.10. The zero-order valence-electron chi connectivity index (χ0n) is 11.2. The maximum absolute atomic E-state index is 13.6. The summed E-state index contributed by atoms with van der Waals surface area (Å²) in [6.07, 6.45) is 3.51. The molecular formula is C14H14BrFN4. The van der Waals surface area contributed by atoms with Crippen molar-refractivity contribution in [2.75, 3.05) is 0 Å². The number of aromatic nitrogens is 3. The van der Waals surface area contributed by atoms with Crippen LogP contribution >= 0.6 is 15.9 Å². The van der Waals surface area contributed by atoms with Gasteiger partial charge in [0.25, 0.3) is 0 Å². The van der Waals surface area contributed by atoms with Crippen LogP contribution in [0.3, 0.4) is 0 Å². The Hall–Kier alpha value is -1.82. The molecule has 0 aliphatic rings. The Morgan fingerprint density at radius 3 is 2.80 bits per heavy atom. The molecule has 0 amide bonds. The molecular weight excluding hydrogens is 323 g/mol. The summed E-state index contributed by atoms with van der Waals surface area (Å²) in [5.74, 6) is 0.253. The maximum Gasteiger partial charge on any atom is 0.200 e. The minimum Gasteiger partial charge on any atom is -0.258 e. The normalized spacial score (nSPS) is 12.3. The van der Waals surface area contributed by atoms with E-state index >= 15 is 0 Å². The minimum atomic E-state index is -0.255. The summed E-state index contributed by atoms with van der Waals surface area (Å²) in [6.45, 7) is 4.01. The van der Waals surface area contributed by atoms with E-state index in [1.807, 2.05) is 19.9 Å². The highest BCUT2D eigenvalue weighted by Crippen LogP contribution is 2.17. The molecule has 0 radical (unpaired) electrons. The molecule has 0 unspecified atom stereocenters. The molecule has 0 saturated carbocycles. The van der Waals surface area contributed by atoms with Gasteiger partial charge in [0.15, 0.2) is 10.6 Å². The summed E-state index contributed by atoms with van der Waals surface area (Å²) >= 11 is 3.34. The fraction of sp³-hybridized carbons (Fsp3) is 0.214. The van der Waals surface area contributed by atoms with Crippen LogP contribution in [-0.4, -0.2) is 21.0 Å². The lowest BCUT2D eigenvalue weighted by Crippen LogP contribution is -2.04. The van der Waals surface area contributed by atoms with E-state index in [-0.39, 0.29) is 5.82 Å². The van der Waals surface area contributed by atoms with E-state index < -0.39 is 0 Å². The zero-order chi connectivity index (χ0) is 14.5. The summed E-state index contributed by atoms with van der Waals surface area (Å²) in [6, 6.07) is 6.61. The first-order valence-corrected chi connectivity index (χ1v) is 6.94. The number of allylic oxidation sites excluding steroid dienone is 1. The first-order valence-electron chi connectivity index (χ1n) is 6.14. The van der Waals surface area contributed by atoms with Crippen LogP contribution in [-0.2, 0) is 6.54 Å². The van der Waals surface area contributed by atoms with Crippen molar-refractivity contribution in [3.8, 4) is 0 Å². The van der Waals surface area contributed by atoms with Gasteiger partial charge in [-0.3, -0.25) is 4.99 Å². The number of nitrogens with zero attached hydrogens (tertiary/aromatic N) is 4. The van der Waals surface area contributed by atoms with Crippen LogP contribution < -0.4 is 0 Å². The summed E-state index contributed by atoms with van der Waals surface area (Å²) in [5, 5.41) is 4.35. The highest BCUT2D eigenvalue weighted by atomic mass is 79.9. The summed E-state index contributed by atoms with van der Waals surface area (Å²) < 4.78 is 15.8. The van der Waals surface area contributed by atoms with E-state index in [0.717, 1.165) is 0 Å². The fourth-order valence-corrected chi connectivity index (χ4v) is 2.09. The largest absolute Gasteiger partial charge is 0.258 e. The van der Waals surface area contributed by atoms with E-state index in [2.05, 4.69) is 31.0 Å². The lowest BCUT2D eigenvalue weighted by Gasteiger charge is -2.03. The van der Waals surface area contributed by atoms with Crippen molar-refractivity contribution in [3.05, 3.63) is 52.3 Å². The second-order valence-corrected chi connectivity index (χ2v) is 4.72. The molecule has 0 aliphatic heterocycles. The summed E-state index contributed by atoms with van der Waals surface area (Å²) in [4.78, 5) is 8.49. The summed E-state index contributed by atoms with van der Waals surface area (Å²) in [5.41, 5.74) is 1.24. The smallest absolute Gasteiger partial charge is 0.200 e. The van der Waals surface area contributed by atoms with Gasteiger partial charge in [-0.2, -0.15) is 4.98 Å². The molecule has 1 heterocycles. The van der Waals surface area contributed by atoms with Crippen molar-refractivity contribution in [2.45, 2.75) is 20.4 Å². The van der Waals surface area contributed by atoms with Gasteiger partial charge < -0.3 is 0 Å². The van der Waals surface area contributed by atoms with E-state index in [4.69, 9.17) is 0 Å². The molecule has 0 saturated heterocycles. The predicted molar refractivity (Wildman–Crippen MR) is 81.0 cm³/mol. The molecule has 0 N–H and O–H groups in total. The van der Waals surface area contributed by atoms with Crippen LogP contribution in [0.25, 0.3) is 5.70 Å². The predicted octanol–water partition coefficient (Wildman–Crippen LogP) is 3.68. The maximum atomic E-state index is 13.6. The quantitative estimate of drug-likeness (QED) is 0.799. The molecule has 0 spiro atoms. The van der Waals surface area contributed by atoms with Crippen LogP contribution in [0.4, 0.5) is 4.39 Å². The molecule has 6 heteroatoms. The molecule has 0 aliphatic carbocycles. The van der Waals surface area contributed by atoms with Crippen LogP contribution in [0.5, 0.6) is 0 Å². The number of halogens is 2. The molecule has 104 valence electrons.